The summed E-state index contributed by atoms with van der Waals surface area (Å²) in [7, 11) is 0. The molecule has 0 N–H and O–H groups in total. The Hall–Kier alpha value is -2.26. The van der Waals surface area contributed by atoms with E-state index in [9.17, 15) is 4.79 Å². The van der Waals surface area contributed by atoms with E-state index < -0.39 is 5.60 Å². The number of rotatable bonds is 5. The zero-order valence-electron chi connectivity index (χ0n) is 12.0. The van der Waals surface area contributed by atoms with E-state index >= 15 is 0 Å². The van der Waals surface area contributed by atoms with Gasteiger partial charge < -0.3 is 4.74 Å². The fourth-order valence-corrected chi connectivity index (χ4v) is 1.50. The number of benzene rings is 1. The van der Waals surface area contributed by atoms with Crippen molar-refractivity contribution in [2.45, 2.75) is 32.8 Å². The van der Waals surface area contributed by atoms with Gasteiger partial charge in [-0.1, -0.05) is 29.4 Å². The van der Waals surface area contributed by atoms with Crippen molar-refractivity contribution in [3.8, 4) is 0 Å². The smallest absolute Gasteiger partial charge is 0.338 e. The summed E-state index contributed by atoms with van der Waals surface area (Å²) >= 11 is 0. The monoisotopic (exact) mass is 273 g/mol. The Labute approximate surface area is 118 Å². The molecule has 0 atom stereocenters. The van der Waals surface area contributed by atoms with Crippen molar-refractivity contribution in [2.24, 2.45) is 5.11 Å². The maximum absolute atomic E-state index is 11.9. The molecule has 1 rings (SSSR count). The van der Waals surface area contributed by atoms with Gasteiger partial charge in [0, 0.05) is 11.5 Å². The molecule has 0 radical (unpaired) electrons. The Morgan fingerprint density at radius 1 is 1.45 bits per heavy atom. The van der Waals surface area contributed by atoms with Crippen LogP contribution in [0.1, 0.15) is 43.1 Å². The van der Waals surface area contributed by atoms with Gasteiger partial charge in [0.2, 0.25) is 0 Å². The summed E-state index contributed by atoms with van der Waals surface area (Å²) in [6, 6.07) is 7.22. The van der Waals surface area contributed by atoms with Crippen LogP contribution in [0.5, 0.6) is 0 Å². The lowest BCUT2D eigenvalue weighted by atomic mass is 10.1. The molecule has 5 nitrogen and oxygen atoms in total. The van der Waals surface area contributed by atoms with Gasteiger partial charge in [-0.3, -0.25) is 0 Å². The molecule has 0 amide bonds. The molecular weight excluding hydrogens is 254 g/mol. The lowest BCUT2D eigenvalue weighted by molar-refractivity contribution is 0.00695. The zero-order chi connectivity index (χ0) is 15.0. The molecule has 0 unspecified atom stereocenters. The number of hydrogen-bond acceptors (Lipinski definition) is 3. The van der Waals surface area contributed by atoms with E-state index in [-0.39, 0.29) is 5.97 Å². The van der Waals surface area contributed by atoms with E-state index in [0.717, 1.165) is 5.56 Å². The third-order valence-electron chi connectivity index (χ3n) is 2.29. The first-order valence-electron chi connectivity index (χ1n) is 6.43. The van der Waals surface area contributed by atoms with E-state index in [1.807, 2.05) is 45.1 Å². The molecular formula is C15H19N3O2. The highest BCUT2D eigenvalue weighted by molar-refractivity contribution is 5.90. The SMILES string of the molecule is CC(C)(C)OC(=O)c1cccc(C=CCCN=[N+]=[N-])c1. The molecule has 5 heteroatoms. The van der Waals surface area contributed by atoms with E-state index in [1.54, 1.807) is 12.1 Å². The van der Waals surface area contributed by atoms with Crippen LogP contribution in [0.4, 0.5) is 0 Å². The van der Waals surface area contributed by atoms with Crippen LogP contribution >= 0.6 is 0 Å². The second kappa shape index (κ2) is 7.36. The van der Waals surface area contributed by atoms with Crippen LogP contribution in [0.15, 0.2) is 35.5 Å². The number of hydrogen-bond donors (Lipinski definition) is 0. The molecule has 0 fully saturated rings. The zero-order valence-corrected chi connectivity index (χ0v) is 12.0. The van der Waals surface area contributed by atoms with Crippen molar-refractivity contribution in [2.75, 3.05) is 6.54 Å². The van der Waals surface area contributed by atoms with Crippen molar-refractivity contribution in [3.05, 3.63) is 51.9 Å². The second-order valence-corrected chi connectivity index (χ2v) is 5.27. The lowest BCUT2D eigenvalue weighted by Gasteiger charge is -2.19. The van der Waals surface area contributed by atoms with E-state index in [2.05, 4.69) is 10.0 Å². The Kier molecular flexibility index (Phi) is 5.81. The molecule has 0 saturated heterocycles. The van der Waals surface area contributed by atoms with Crippen molar-refractivity contribution in [1.29, 1.82) is 0 Å². The largest absolute Gasteiger partial charge is 0.456 e. The minimum Gasteiger partial charge on any atom is -0.456 e. The molecule has 20 heavy (non-hydrogen) atoms. The summed E-state index contributed by atoms with van der Waals surface area (Å²) in [4.78, 5) is 14.6. The third-order valence-corrected chi connectivity index (χ3v) is 2.29. The summed E-state index contributed by atoms with van der Waals surface area (Å²) < 4.78 is 5.32. The number of azide groups is 1. The molecule has 0 aliphatic carbocycles. The highest BCUT2D eigenvalue weighted by atomic mass is 16.6. The Morgan fingerprint density at radius 2 is 2.20 bits per heavy atom. The summed E-state index contributed by atoms with van der Waals surface area (Å²) in [6.07, 6.45) is 4.46. The van der Waals surface area contributed by atoms with E-state index in [4.69, 9.17) is 10.3 Å². The molecule has 0 heterocycles. The standard InChI is InChI=1S/C15H19N3O2/c1-15(2,3)20-14(19)13-9-6-8-12(11-13)7-4-5-10-17-18-16/h4,6-9,11H,5,10H2,1-3H3. The number of carbonyl (C=O) groups is 1. The van der Waals surface area contributed by atoms with Crippen molar-refractivity contribution in [3.63, 3.8) is 0 Å². The molecule has 0 spiro atoms. The third kappa shape index (κ3) is 6.07. The van der Waals surface area contributed by atoms with Gasteiger partial charge in [-0.2, -0.15) is 0 Å². The van der Waals surface area contributed by atoms with Gasteiger partial charge in [-0.05, 0) is 50.4 Å². The fourth-order valence-electron chi connectivity index (χ4n) is 1.50. The Bertz CT molecular complexity index is 538. The van der Waals surface area contributed by atoms with Gasteiger partial charge in [-0.25, -0.2) is 4.79 Å². The highest BCUT2D eigenvalue weighted by Crippen LogP contribution is 2.14. The number of ether oxygens (including phenoxy) is 1. The van der Waals surface area contributed by atoms with Gasteiger partial charge in [-0.15, -0.1) is 0 Å². The summed E-state index contributed by atoms with van der Waals surface area (Å²) in [5.41, 5.74) is 9.09. The summed E-state index contributed by atoms with van der Waals surface area (Å²) in [5.74, 6) is -0.332. The Morgan fingerprint density at radius 3 is 2.85 bits per heavy atom. The van der Waals surface area contributed by atoms with Crippen LogP contribution in [0.3, 0.4) is 0 Å². The van der Waals surface area contributed by atoms with E-state index in [0.29, 0.717) is 18.5 Å². The molecule has 0 aliphatic heterocycles. The average Bonchev–Trinajstić information content (AvgIpc) is 2.37. The number of esters is 1. The highest BCUT2D eigenvalue weighted by Gasteiger charge is 2.17. The lowest BCUT2D eigenvalue weighted by Crippen LogP contribution is -2.23. The molecule has 1 aromatic rings. The maximum atomic E-state index is 11.9. The number of carbonyl (C=O) groups excluding carboxylic acids is 1. The number of nitrogens with zero attached hydrogens (tertiary/aromatic N) is 3. The summed E-state index contributed by atoms with van der Waals surface area (Å²) in [6.45, 7) is 5.94. The van der Waals surface area contributed by atoms with Crippen molar-refractivity contribution in [1.82, 2.24) is 0 Å². The first-order chi connectivity index (χ1) is 9.42. The predicted molar refractivity (Wildman–Crippen MR) is 79.3 cm³/mol. The predicted octanol–water partition coefficient (Wildman–Crippen LogP) is 4.36. The fraction of sp³-hybridized carbons (Fsp3) is 0.400. The Balaban J connectivity index is 2.70. The van der Waals surface area contributed by atoms with Crippen LogP contribution in [-0.4, -0.2) is 18.1 Å². The topological polar surface area (TPSA) is 75.1 Å². The van der Waals surface area contributed by atoms with Gasteiger partial charge in [0.05, 0.1) is 5.56 Å². The quantitative estimate of drug-likeness (QED) is 0.263. The van der Waals surface area contributed by atoms with Gasteiger partial charge >= 0.3 is 5.97 Å². The van der Waals surface area contributed by atoms with Gasteiger partial charge in [0.15, 0.2) is 0 Å². The molecule has 1 aromatic carbocycles. The molecule has 0 aromatic heterocycles. The van der Waals surface area contributed by atoms with Crippen LogP contribution in [0.2, 0.25) is 0 Å². The second-order valence-electron chi connectivity index (χ2n) is 5.27. The van der Waals surface area contributed by atoms with Crippen molar-refractivity contribution < 1.29 is 9.53 Å². The maximum Gasteiger partial charge on any atom is 0.338 e. The van der Waals surface area contributed by atoms with E-state index in [1.165, 1.54) is 0 Å². The molecule has 0 bridgehead atoms. The minimum absolute atomic E-state index is 0.332. The van der Waals surface area contributed by atoms with Crippen LogP contribution in [-0.2, 0) is 4.74 Å². The van der Waals surface area contributed by atoms with Gasteiger partial charge in [0.25, 0.3) is 0 Å². The first kappa shape index (κ1) is 15.8. The minimum atomic E-state index is -0.502. The molecule has 106 valence electrons. The first-order valence-corrected chi connectivity index (χ1v) is 6.43. The summed E-state index contributed by atoms with van der Waals surface area (Å²) in [5, 5.41) is 3.44. The van der Waals surface area contributed by atoms with Crippen LogP contribution < -0.4 is 0 Å². The molecule has 0 aliphatic rings. The normalized spacial score (nSPS) is 11.2. The van der Waals surface area contributed by atoms with Crippen LogP contribution in [0, 0.1) is 0 Å². The average molecular weight is 273 g/mol. The molecule has 0 saturated carbocycles. The van der Waals surface area contributed by atoms with Gasteiger partial charge in [0.1, 0.15) is 5.60 Å². The van der Waals surface area contributed by atoms with Crippen LogP contribution in [0.25, 0.3) is 16.5 Å². The van der Waals surface area contributed by atoms with Crippen molar-refractivity contribution >= 4 is 12.0 Å².